The summed E-state index contributed by atoms with van der Waals surface area (Å²) in [5, 5.41) is 0. The van der Waals surface area contributed by atoms with Crippen LogP contribution in [0.1, 0.15) is 6.92 Å². The van der Waals surface area contributed by atoms with Gasteiger partial charge in [-0.05, 0) is 19.1 Å². The Bertz CT molecular complexity index is 290. The van der Waals surface area contributed by atoms with Gasteiger partial charge in [0.1, 0.15) is 5.75 Å². The van der Waals surface area contributed by atoms with E-state index in [2.05, 4.69) is 6.58 Å². The standard InChI is InChI=1S/C10H10O2.HO/c1-8(2)10(11)12-9-6-4-3-5-7-9;/h3-7H,1H2,2H3;1H. The monoisotopic (exact) mass is 179 g/mol. The zero-order chi connectivity index (χ0) is 8.97. The molecule has 0 spiro atoms. The van der Waals surface area contributed by atoms with Crippen LogP contribution in [0.15, 0.2) is 42.5 Å². The summed E-state index contributed by atoms with van der Waals surface area (Å²) in [4.78, 5) is 11.0. The van der Waals surface area contributed by atoms with Gasteiger partial charge in [0.15, 0.2) is 0 Å². The van der Waals surface area contributed by atoms with Crippen LogP contribution in [0.2, 0.25) is 0 Å². The maximum atomic E-state index is 11.0. The Kier molecular flexibility index (Phi) is 4.48. The Morgan fingerprint density at radius 3 is 2.31 bits per heavy atom. The van der Waals surface area contributed by atoms with Crippen molar-refractivity contribution in [3.63, 3.8) is 0 Å². The van der Waals surface area contributed by atoms with Gasteiger partial charge < -0.3 is 4.74 Å². The van der Waals surface area contributed by atoms with Crippen molar-refractivity contribution in [2.75, 3.05) is 0 Å². The summed E-state index contributed by atoms with van der Waals surface area (Å²) < 4.78 is 4.94. The van der Waals surface area contributed by atoms with Crippen LogP contribution in [0.4, 0.5) is 0 Å². The third-order valence-electron chi connectivity index (χ3n) is 1.30. The van der Waals surface area contributed by atoms with Crippen LogP contribution in [-0.4, -0.2) is 11.4 Å². The number of hydrogen-bond acceptors (Lipinski definition) is 2. The van der Waals surface area contributed by atoms with E-state index in [-0.39, 0.29) is 11.4 Å². The Labute approximate surface area is 77.0 Å². The molecule has 1 rings (SSSR count). The molecule has 3 nitrogen and oxygen atoms in total. The molecule has 0 bridgehead atoms. The first-order valence-corrected chi connectivity index (χ1v) is 3.63. The van der Waals surface area contributed by atoms with E-state index in [4.69, 9.17) is 4.74 Å². The number of para-hydroxylation sites is 1. The number of carbonyl (C=O) groups excluding carboxylic acids is 1. The van der Waals surface area contributed by atoms with Crippen LogP contribution < -0.4 is 4.74 Å². The quantitative estimate of drug-likeness (QED) is 0.428. The molecular weight excluding hydrogens is 168 g/mol. The fraction of sp³-hybridized carbons (Fsp3) is 0.100. The zero-order valence-corrected chi connectivity index (χ0v) is 7.36. The third-order valence-corrected chi connectivity index (χ3v) is 1.30. The van der Waals surface area contributed by atoms with Crippen LogP contribution in [0.25, 0.3) is 0 Å². The van der Waals surface area contributed by atoms with E-state index in [0.717, 1.165) is 0 Å². The molecule has 13 heavy (non-hydrogen) atoms. The van der Waals surface area contributed by atoms with Crippen LogP contribution in [0.3, 0.4) is 0 Å². The molecule has 0 aliphatic rings. The Balaban J connectivity index is 0.00000144. The van der Waals surface area contributed by atoms with Gasteiger partial charge in [-0.25, -0.2) is 4.79 Å². The number of ether oxygens (including phenoxy) is 1. The van der Waals surface area contributed by atoms with Gasteiger partial charge in [0.05, 0.1) is 0 Å². The molecule has 0 heterocycles. The average molecular weight is 179 g/mol. The Hall–Kier alpha value is -1.61. The van der Waals surface area contributed by atoms with E-state index in [1.54, 1.807) is 31.2 Å². The van der Waals surface area contributed by atoms with E-state index >= 15 is 0 Å². The van der Waals surface area contributed by atoms with Crippen molar-refractivity contribution in [1.82, 2.24) is 0 Å². The van der Waals surface area contributed by atoms with Gasteiger partial charge in [-0.15, -0.1) is 0 Å². The van der Waals surface area contributed by atoms with E-state index in [1.165, 1.54) is 0 Å². The molecule has 0 saturated heterocycles. The van der Waals surface area contributed by atoms with Crippen molar-refractivity contribution < 1.29 is 15.0 Å². The summed E-state index contributed by atoms with van der Waals surface area (Å²) >= 11 is 0. The minimum Gasteiger partial charge on any atom is -0.423 e. The van der Waals surface area contributed by atoms with Gasteiger partial charge in [0, 0.05) is 5.57 Å². The molecule has 0 amide bonds. The van der Waals surface area contributed by atoms with Crippen molar-refractivity contribution in [2.45, 2.75) is 6.92 Å². The van der Waals surface area contributed by atoms with E-state index in [1.807, 2.05) is 6.07 Å². The SMILES string of the molecule is C=C(C)C(=O)Oc1ccccc1.[OH]. The fourth-order valence-electron chi connectivity index (χ4n) is 0.683. The van der Waals surface area contributed by atoms with Gasteiger partial charge in [-0.1, -0.05) is 24.8 Å². The number of benzene rings is 1. The maximum absolute atomic E-state index is 11.0. The zero-order valence-electron chi connectivity index (χ0n) is 7.36. The smallest absolute Gasteiger partial charge is 0.338 e. The first kappa shape index (κ1) is 11.4. The first-order valence-electron chi connectivity index (χ1n) is 3.63. The minimum atomic E-state index is -0.388. The fourth-order valence-corrected chi connectivity index (χ4v) is 0.683. The predicted molar refractivity (Wildman–Crippen MR) is 48.8 cm³/mol. The lowest BCUT2D eigenvalue weighted by atomic mass is 10.3. The molecule has 0 aromatic heterocycles. The summed E-state index contributed by atoms with van der Waals surface area (Å²) in [5.41, 5.74) is 0.402. The normalized spacial score (nSPS) is 8.38. The number of esters is 1. The van der Waals surface area contributed by atoms with Crippen molar-refractivity contribution in [2.24, 2.45) is 0 Å². The lowest BCUT2D eigenvalue weighted by Crippen LogP contribution is -2.07. The molecule has 0 saturated carbocycles. The summed E-state index contributed by atoms with van der Waals surface area (Å²) in [5.74, 6) is 0.159. The second-order valence-corrected chi connectivity index (χ2v) is 2.48. The summed E-state index contributed by atoms with van der Waals surface area (Å²) in [6.07, 6.45) is 0. The van der Waals surface area contributed by atoms with Crippen molar-refractivity contribution in [3.8, 4) is 5.75 Å². The Morgan fingerprint density at radius 1 is 1.31 bits per heavy atom. The second-order valence-electron chi connectivity index (χ2n) is 2.48. The summed E-state index contributed by atoms with van der Waals surface area (Å²) in [6, 6.07) is 8.92. The number of hydrogen-bond donors (Lipinski definition) is 1. The van der Waals surface area contributed by atoms with E-state index < -0.39 is 0 Å². The van der Waals surface area contributed by atoms with E-state index in [9.17, 15) is 4.79 Å². The molecule has 69 valence electrons. The van der Waals surface area contributed by atoms with Crippen molar-refractivity contribution in [1.29, 1.82) is 0 Å². The van der Waals surface area contributed by atoms with Crippen LogP contribution in [0, 0.1) is 0 Å². The topological polar surface area (TPSA) is 56.3 Å². The molecule has 1 aromatic carbocycles. The first-order chi connectivity index (χ1) is 5.70. The highest BCUT2D eigenvalue weighted by molar-refractivity contribution is 5.88. The highest BCUT2D eigenvalue weighted by Gasteiger charge is 2.03. The molecule has 0 aliphatic heterocycles. The molecule has 3 heteroatoms. The number of rotatable bonds is 2. The Morgan fingerprint density at radius 2 is 1.85 bits per heavy atom. The van der Waals surface area contributed by atoms with E-state index in [0.29, 0.717) is 11.3 Å². The average Bonchev–Trinajstić information content (AvgIpc) is 2.06. The maximum Gasteiger partial charge on any atom is 0.338 e. The highest BCUT2D eigenvalue weighted by Crippen LogP contribution is 2.09. The molecule has 0 aliphatic carbocycles. The third kappa shape index (κ3) is 3.53. The molecule has 0 unspecified atom stereocenters. The highest BCUT2D eigenvalue weighted by atomic mass is 16.5. The summed E-state index contributed by atoms with van der Waals surface area (Å²) in [6.45, 7) is 5.09. The van der Waals surface area contributed by atoms with Crippen LogP contribution in [-0.2, 0) is 4.79 Å². The lowest BCUT2D eigenvalue weighted by Gasteiger charge is -2.01. The van der Waals surface area contributed by atoms with Gasteiger partial charge in [-0.2, -0.15) is 0 Å². The van der Waals surface area contributed by atoms with Gasteiger partial charge in [0.25, 0.3) is 0 Å². The largest absolute Gasteiger partial charge is 0.423 e. The minimum absolute atomic E-state index is 0. The predicted octanol–water partition coefficient (Wildman–Crippen LogP) is 1.99. The van der Waals surface area contributed by atoms with Crippen molar-refractivity contribution >= 4 is 5.97 Å². The number of carbonyl (C=O) groups is 1. The second kappa shape index (κ2) is 5.11. The molecule has 0 fully saturated rings. The van der Waals surface area contributed by atoms with Gasteiger partial charge in [0.2, 0.25) is 0 Å². The summed E-state index contributed by atoms with van der Waals surface area (Å²) in [7, 11) is 0. The molecule has 1 radical (unpaired) electrons. The van der Waals surface area contributed by atoms with Crippen LogP contribution in [0.5, 0.6) is 5.75 Å². The van der Waals surface area contributed by atoms with Gasteiger partial charge in [-0.3, -0.25) is 5.48 Å². The van der Waals surface area contributed by atoms with Crippen molar-refractivity contribution in [3.05, 3.63) is 42.5 Å². The lowest BCUT2D eigenvalue weighted by molar-refractivity contribution is -0.130. The van der Waals surface area contributed by atoms with Crippen LogP contribution >= 0.6 is 0 Å². The molecule has 1 aromatic rings. The molecular formula is C10H11O3. The molecule has 1 N–H and O–H groups in total. The molecule has 0 atom stereocenters. The van der Waals surface area contributed by atoms with Gasteiger partial charge >= 0.3 is 5.97 Å².